The molecule has 6 N–H and O–H groups in total. The van der Waals surface area contributed by atoms with Crippen LogP contribution in [-0.2, 0) is 47.1 Å². The van der Waals surface area contributed by atoms with Gasteiger partial charge in [-0.3, -0.25) is 24.1 Å². The Kier molecular flexibility index (Phi) is 6.78. The fourth-order valence-electron chi connectivity index (χ4n) is 6.81. The Bertz CT molecular complexity index is 1280. The number of ether oxygens (including phenoxy) is 3. The third-order valence-electron chi connectivity index (χ3n) is 8.73. The number of nitrogens with two attached hydrogens (primary N) is 2. The van der Waals surface area contributed by atoms with Gasteiger partial charge in [0.2, 0.25) is 0 Å². The number of ketones is 1. The number of carboxylic acids is 1. The molecule has 2 heterocycles. The van der Waals surface area contributed by atoms with Crippen LogP contribution >= 0.6 is 0 Å². The number of esters is 2. The molecule has 1 aromatic carbocycles. The molecule has 2 aliphatic carbocycles. The summed E-state index contributed by atoms with van der Waals surface area (Å²) < 4.78 is 18.5. The number of likely N-dealkylation sites (tertiary alicyclic amines) is 1. The maximum Gasteiger partial charge on any atom is 0.321 e. The zero-order chi connectivity index (χ0) is 28.3. The second kappa shape index (κ2) is 9.70. The molecule has 1 fully saturated rings. The monoisotopic (exact) mass is 543 g/mol. The van der Waals surface area contributed by atoms with E-state index in [0.29, 0.717) is 30.7 Å². The topological polar surface area (TPSA) is 192 Å². The lowest BCUT2D eigenvalue weighted by atomic mass is 9.50. The number of carbonyl (C=O) groups excluding carboxylic acids is 3. The molecule has 210 valence electrons. The van der Waals surface area contributed by atoms with Crippen molar-refractivity contribution in [2.75, 3.05) is 13.6 Å². The molecule has 0 amide bonds. The number of rotatable bonds is 9. The van der Waals surface area contributed by atoms with Crippen molar-refractivity contribution in [2.45, 2.75) is 80.9 Å². The van der Waals surface area contributed by atoms with E-state index in [9.17, 15) is 29.4 Å². The van der Waals surface area contributed by atoms with Gasteiger partial charge in [-0.2, -0.15) is 0 Å². The van der Waals surface area contributed by atoms with E-state index in [2.05, 4.69) is 4.90 Å². The molecule has 12 heteroatoms. The molecule has 2 bridgehead atoms. The van der Waals surface area contributed by atoms with E-state index >= 15 is 0 Å². The van der Waals surface area contributed by atoms with Gasteiger partial charge in [0.05, 0.1) is 36.9 Å². The molecule has 1 spiro atoms. The predicted octanol–water partition coefficient (Wildman–Crippen LogP) is -0.341. The minimum Gasteiger partial charge on any atom is -0.481 e. The van der Waals surface area contributed by atoms with Gasteiger partial charge in [0.1, 0.15) is 28.9 Å². The molecule has 4 aliphatic rings. The first-order valence-electron chi connectivity index (χ1n) is 12.9. The van der Waals surface area contributed by atoms with E-state index in [1.165, 1.54) is 6.92 Å². The summed E-state index contributed by atoms with van der Waals surface area (Å²) in [5, 5.41) is 19.4. The standard InChI is InChI=1S/C27H33N3O9/c1-13(32)16(28)10-20(33)37-18-5-6-27(39-21(34)11-17(29)25(35)36)19-9-14-3-4-15(12-31)23-22(14)26(27,24(18)38-23)7-8-30(19)2/h3-5,16-17,19,24,31H,6-12,28-29H2,1-2H3,(H,35,36)/t16-,17-,19+,24-,26-,27+/m0/s1. The Hall–Kier alpha value is -3.32. The summed E-state index contributed by atoms with van der Waals surface area (Å²) in [6.45, 7) is 1.63. The maximum absolute atomic E-state index is 13.2. The summed E-state index contributed by atoms with van der Waals surface area (Å²) >= 11 is 0. The first-order valence-corrected chi connectivity index (χ1v) is 12.9. The minimum atomic E-state index is -1.42. The third kappa shape index (κ3) is 4.05. The summed E-state index contributed by atoms with van der Waals surface area (Å²) in [6.07, 6.45) is 1.12. The molecular weight excluding hydrogens is 510 g/mol. The number of benzene rings is 1. The van der Waals surface area contributed by atoms with Crippen molar-refractivity contribution in [3.63, 3.8) is 0 Å². The van der Waals surface area contributed by atoms with E-state index in [1.807, 2.05) is 13.1 Å². The average molecular weight is 544 g/mol. The van der Waals surface area contributed by atoms with Crippen LogP contribution in [0.15, 0.2) is 24.0 Å². The lowest BCUT2D eigenvalue weighted by Crippen LogP contribution is -2.75. The van der Waals surface area contributed by atoms with Crippen molar-refractivity contribution in [1.82, 2.24) is 4.90 Å². The number of carbonyl (C=O) groups is 4. The van der Waals surface area contributed by atoms with Crippen molar-refractivity contribution < 1.29 is 43.6 Å². The van der Waals surface area contributed by atoms with Gasteiger partial charge in [-0.1, -0.05) is 12.1 Å². The fourth-order valence-corrected chi connectivity index (χ4v) is 6.81. The van der Waals surface area contributed by atoms with Crippen molar-refractivity contribution >= 4 is 23.7 Å². The van der Waals surface area contributed by atoms with E-state index in [0.717, 1.165) is 11.1 Å². The number of hydrogen-bond donors (Lipinski definition) is 4. The van der Waals surface area contributed by atoms with Crippen LogP contribution in [0, 0.1) is 0 Å². The van der Waals surface area contributed by atoms with Gasteiger partial charge in [-0.15, -0.1) is 0 Å². The summed E-state index contributed by atoms with van der Waals surface area (Å²) in [4.78, 5) is 51.0. The Morgan fingerprint density at radius 1 is 1.18 bits per heavy atom. The van der Waals surface area contributed by atoms with Crippen molar-refractivity contribution in [3.05, 3.63) is 40.7 Å². The number of aliphatic hydroxyl groups excluding tert-OH is 1. The summed E-state index contributed by atoms with van der Waals surface area (Å²) in [5.74, 6) is -2.41. The molecular formula is C27H33N3O9. The number of Topliss-reactive ketones (excluding diaryl/α,β-unsaturated/α-hetero) is 1. The Balaban J connectivity index is 1.62. The zero-order valence-corrected chi connectivity index (χ0v) is 21.8. The number of hydrogen-bond acceptors (Lipinski definition) is 11. The van der Waals surface area contributed by atoms with E-state index in [4.69, 9.17) is 25.7 Å². The number of likely N-dealkylation sites (N-methyl/N-ethyl adjacent to an activating group) is 1. The summed E-state index contributed by atoms with van der Waals surface area (Å²) in [6, 6.07) is 1.01. The molecule has 0 aromatic heterocycles. The molecule has 39 heavy (non-hydrogen) atoms. The molecule has 1 saturated heterocycles. The fraction of sp³-hybridized carbons (Fsp3) is 0.556. The SMILES string of the molecule is CC(=O)[C@@H](N)CC(=O)OC1=CC[C@@]2(OC(=O)C[C@H](N)C(=O)O)[C@H]3Cc4ccc(CO)c5c4[C@@]2(CCN3C)[C@H]1O5. The molecule has 0 saturated carbocycles. The van der Waals surface area contributed by atoms with Gasteiger partial charge in [0.15, 0.2) is 6.10 Å². The Morgan fingerprint density at radius 3 is 2.56 bits per heavy atom. The van der Waals surface area contributed by atoms with Crippen molar-refractivity contribution in [3.8, 4) is 5.75 Å². The highest BCUT2D eigenvalue weighted by molar-refractivity contribution is 5.86. The molecule has 0 unspecified atom stereocenters. The van der Waals surface area contributed by atoms with Gasteiger partial charge in [-0.05, 0) is 45.0 Å². The number of aliphatic hydroxyl groups is 1. The van der Waals surface area contributed by atoms with Crippen LogP contribution in [-0.4, -0.2) is 82.2 Å². The highest BCUT2D eigenvalue weighted by Gasteiger charge is 2.74. The third-order valence-corrected chi connectivity index (χ3v) is 8.73. The van der Waals surface area contributed by atoms with Crippen LogP contribution < -0.4 is 16.2 Å². The summed E-state index contributed by atoms with van der Waals surface area (Å²) in [7, 11) is 1.94. The van der Waals surface area contributed by atoms with Crippen LogP contribution in [0.2, 0.25) is 0 Å². The number of carboxylic acid groups (broad SMARTS) is 1. The zero-order valence-electron chi connectivity index (χ0n) is 21.8. The molecule has 12 nitrogen and oxygen atoms in total. The van der Waals surface area contributed by atoms with Crippen molar-refractivity contribution in [1.29, 1.82) is 0 Å². The molecule has 2 aliphatic heterocycles. The molecule has 6 atom stereocenters. The van der Waals surface area contributed by atoms with Gasteiger partial charge in [-0.25, -0.2) is 0 Å². The normalized spacial score (nSPS) is 29.8. The highest BCUT2D eigenvalue weighted by Crippen LogP contribution is 2.65. The second-order valence-corrected chi connectivity index (χ2v) is 10.9. The first kappa shape index (κ1) is 27.3. The molecule has 0 radical (unpaired) electrons. The van der Waals surface area contributed by atoms with E-state index < -0.39 is 53.5 Å². The quantitative estimate of drug-likeness (QED) is 0.297. The van der Waals surface area contributed by atoms with Crippen molar-refractivity contribution in [2.24, 2.45) is 11.5 Å². The number of nitrogens with zero attached hydrogens (tertiary/aromatic N) is 1. The van der Waals surface area contributed by atoms with Crippen LogP contribution in [0.5, 0.6) is 5.75 Å². The largest absolute Gasteiger partial charge is 0.481 e. The van der Waals surface area contributed by atoms with Crippen LogP contribution in [0.1, 0.15) is 49.3 Å². The van der Waals surface area contributed by atoms with E-state index in [1.54, 1.807) is 12.1 Å². The van der Waals surface area contributed by atoms with Gasteiger partial charge >= 0.3 is 17.9 Å². The van der Waals surface area contributed by atoms with Gasteiger partial charge in [0, 0.05) is 17.5 Å². The van der Waals surface area contributed by atoms with Crippen LogP contribution in [0.25, 0.3) is 0 Å². The first-order chi connectivity index (χ1) is 18.4. The Morgan fingerprint density at radius 2 is 1.90 bits per heavy atom. The number of piperidine rings is 1. The van der Waals surface area contributed by atoms with Gasteiger partial charge < -0.3 is 35.9 Å². The van der Waals surface area contributed by atoms with E-state index in [-0.39, 0.29) is 37.0 Å². The Labute approximate surface area is 224 Å². The second-order valence-electron chi connectivity index (χ2n) is 10.9. The maximum atomic E-state index is 13.2. The summed E-state index contributed by atoms with van der Waals surface area (Å²) in [5.41, 5.74) is 11.6. The minimum absolute atomic E-state index is 0.166. The molecule has 1 aromatic rings. The average Bonchev–Trinajstić information content (AvgIpc) is 3.23. The molecule has 5 rings (SSSR count). The van der Waals surface area contributed by atoms with Crippen LogP contribution in [0.4, 0.5) is 0 Å². The smallest absolute Gasteiger partial charge is 0.321 e. The van der Waals surface area contributed by atoms with Crippen LogP contribution in [0.3, 0.4) is 0 Å². The lowest BCUT2D eigenvalue weighted by Gasteiger charge is -2.62. The lowest BCUT2D eigenvalue weighted by molar-refractivity contribution is -0.206. The predicted molar refractivity (Wildman–Crippen MR) is 134 cm³/mol. The van der Waals surface area contributed by atoms with Gasteiger partial charge in [0.25, 0.3) is 0 Å². The number of aliphatic carboxylic acids is 1. The highest BCUT2D eigenvalue weighted by atomic mass is 16.6.